The summed E-state index contributed by atoms with van der Waals surface area (Å²) in [5.41, 5.74) is 0.802. The molecule has 1 aromatic carbocycles. The summed E-state index contributed by atoms with van der Waals surface area (Å²) in [7, 11) is 1.56. The highest BCUT2D eigenvalue weighted by Crippen LogP contribution is 2.18. The number of carboxylic acids is 1. The monoisotopic (exact) mass is 264 g/mol. The highest BCUT2D eigenvalue weighted by molar-refractivity contribution is 5.83. The molecule has 0 heterocycles. The molecule has 0 fully saturated rings. The first-order valence-electron chi connectivity index (χ1n) is 5.64. The van der Waals surface area contributed by atoms with Crippen LogP contribution in [0.5, 0.6) is 5.75 Å². The number of aliphatic carboxylic acids is 1. The zero-order valence-corrected chi connectivity index (χ0v) is 10.7. The van der Waals surface area contributed by atoms with Crippen LogP contribution in [0.15, 0.2) is 30.5 Å². The summed E-state index contributed by atoms with van der Waals surface area (Å²) < 4.78 is 5.14. The van der Waals surface area contributed by atoms with E-state index < -0.39 is 18.0 Å². The van der Waals surface area contributed by atoms with Crippen LogP contribution < -0.4 is 15.4 Å². The zero-order chi connectivity index (χ0) is 14.3. The van der Waals surface area contributed by atoms with Crippen LogP contribution in [-0.2, 0) is 4.79 Å². The topological polar surface area (TPSA) is 87.7 Å². The molecule has 0 saturated heterocycles. The third-order valence-corrected chi connectivity index (χ3v) is 2.33. The number of carbonyl (C=O) groups excluding carboxylic acids is 1. The molecular weight excluding hydrogens is 248 g/mol. The van der Waals surface area contributed by atoms with Crippen molar-refractivity contribution in [2.24, 2.45) is 0 Å². The average molecular weight is 264 g/mol. The number of urea groups is 1. The van der Waals surface area contributed by atoms with Gasteiger partial charge in [-0.3, -0.25) is 4.79 Å². The molecular formula is C13H16N2O4. The minimum absolute atomic E-state index is 0.582. The summed E-state index contributed by atoms with van der Waals surface area (Å²) in [6.45, 7) is 1.38. The number of methoxy groups -OCH3 is 1. The van der Waals surface area contributed by atoms with Gasteiger partial charge in [0.15, 0.2) is 0 Å². The molecule has 0 aliphatic rings. The fourth-order valence-electron chi connectivity index (χ4n) is 1.31. The van der Waals surface area contributed by atoms with Crippen molar-refractivity contribution in [3.05, 3.63) is 36.0 Å². The molecule has 1 aromatic rings. The van der Waals surface area contributed by atoms with Crippen molar-refractivity contribution in [2.75, 3.05) is 7.11 Å². The maximum absolute atomic E-state index is 11.3. The van der Waals surface area contributed by atoms with E-state index in [0.29, 0.717) is 5.75 Å². The second-order valence-electron chi connectivity index (χ2n) is 3.75. The van der Waals surface area contributed by atoms with E-state index in [1.807, 2.05) is 18.2 Å². The van der Waals surface area contributed by atoms with Gasteiger partial charge in [0, 0.05) is 11.8 Å². The number of para-hydroxylation sites is 1. The number of hydrogen-bond acceptors (Lipinski definition) is 3. The molecule has 0 aromatic heterocycles. The molecule has 0 saturated carbocycles. The van der Waals surface area contributed by atoms with Gasteiger partial charge in [-0.05, 0) is 19.1 Å². The van der Waals surface area contributed by atoms with Crippen LogP contribution in [-0.4, -0.2) is 30.3 Å². The predicted molar refractivity (Wildman–Crippen MR) is 70.8 cm³/mol. The van der Waals surface area contributed by atoms with Crippen molar-refractivity contribution in [3.63, 3.8) is 0 Å². The van der Waals surface area contributed by atoms with E-state index in [1.165, 1.54) is 13.1 Å². The molecule has 0 bridgehead atoms. The van der Waals surface area contributed by atoms with Gasteiger partial charge < -0.3 is 20.5 Å². The van der Waals surface area contributed by atoms with E-state index in [-0.39, 0.29) is 0 Å². The third kappa shape index (κ3) is 4.71. The third-order valence-electron chi connectivity index (χ3n) is 2.33. The smallest absolute Gasteiger partial charge is 0.325 e. The molecule has 19 heavy (non-hydrogen) atoms. The van der Waals surface area contributed by atoms with E-state index >= 15 is 0 Å². The largest absolute Gasteiger partial charge is 0.496 e. The first kappa shape index (κ1) is 14.6. The van der Waals surface area contributed by atoms with Crippen molar-refractivity contribution in [1.82, 2.24) is 10.6 Å². The van der Waals surface area contributed by atoms with Crippen LogP contribution in [0.1, 0.15) is 12.5 Å². The second kappa shape index (κ2) is 7.05. The highest BCUT2D eigenvalue weighted by atomic mass is 16.5. The average Bonchev–Trinajstić information content (AvgIpc) is 2.39. The van der Waals surface area contributed by atoms with E-state index in [0.717, 1.165) is 5.56 Å². The van der Waals surface area contributed by atoms with E-state index in [1.54, 1.807) is 19.3 Å². The van der Waals surface area contributed by atoms with Gasteiger partial charge in [-0.1, -0.05) is 18.2 Å². The molecule has 3 N–H and O–H groups in total. The molecule has 0 aliphatic carbocycles. The minimum atomic E-state index is -1.09. The van der Waals surface area contributed by atoms with Crippen molar-refractivity contribution < 1.29 is 19.4 Å². The van der Waals surface area contributed by atoms with E-state index in [2.05, 4.69) is 10.6 Å². The fourth-order valence-corrected chi connectivity index (χ4v) is 1.31. The molecule has 1 atom stereocenters. The lowest BCUT2D eigenvalue weighted by atomic mass is 10.2. The Morgan fingerprint density at radius 2 is 2.05 bits per heavy atom. The Kier molecular flexibility index (Phi) is 5.40. The lowest BCUT2D eigenvalue weighted by molar-refractivity contribution is -0.138. The zero-order valence-electron chi connectivity index (χ0n) is 10.7. The number of hydrogen-bond donors (Lipinski definition) is 3. The molecule has 6 heteroatoms. The van der Waals surface area contributed by atoms with Crippen LogP contribution in [0.2, 0.25) is 0 Å². The molecule has 2 amide bonds. The van der Waals surface area contributed by atoms with Gasteiger partial charge in [0.05, 0.1) is 7.11 Å². The minimum Gasteiger partial charge on any atom is -0.496 e. The number of amides is 2. The highest BCUT2D eigenvalue weighted by Gasteiger charge is 2.12. The normalized spacial score (nSPS) is 11.9. The number of carbonyl (C=O) groups is 2. The first-order valence-corrected chi connectivity index (χ1v) is 5.64. The maximum atomic E-state index is 11.3. The summed E-state index contributed by atoms with van der Waals surface area (Å²) in [6.07, 6.45) is 3.08. The van der Waals surface area contributed by atoms with Crippen molar-refractivity contribution in [2.45, 2.75) is 13.0 Å². The van der Waals surface area contributed by atoms with Gasteiger partial charge in [0.2, 0.25) is 0 Å². The number of benzene rings is 1. The van der Waals surface area contributed by atoms with Gasteiger partial charge in [0.25, 0.3) is 0 Å². The number of carboxylic acid groups (broad SMARTS) is 1. The molecule has 0 radical (unpaired) electrons. The Labute approximate surface area is 111 Å². The number of rotatable bonds is 5. The standard InChI is InChI=1S/C13H16N2O4/c1-9(12(16)17)15-13(18)14-8-7-10-5-3-4-6-11(10)19-2/h3-9H,1-2H3,(H,16,17)(H2,14,15,18)/b8-7+. The Morgan fingerprint density at radius 1 is 1.37 bits per heavy atom. The summed E-state index contributed by atoms with van der Waals surface area (Å²) in [4.78, 5) is 21.9. The van der Waals surface area contributed by atoms with Crippen LogP contribution in [0.3, 0.4) is 0 Å². The van der Waals surface area contributed by atoms with E-state index in [4.69, 9.17) is 9.84 Å². The number of ether oxygens (including phenoxy) is 1. The predicted octanol–water partition coefficient (Wildman–Crippen LogP) is 1.44. The maximum Gasteiger partial charge on any atom is 0.325 e. The Balaban J connectivity index is 2.54. The van der Waals surface area contributed by atoms with Gasteiger partial charge in [0.1, 0.15) is 11.8 Å². The summed E-state index contributed by atoms with van der Waals surface area (Å²) >= 11 is 0. The molecule has 1 rings (SSSR count). The summed E-state index contributed by atoms with van der Waals surface area (Å²) in [5, 5.41) is 13.3. The SMILES string of the molecule is COc1ccccc1/C=C/NC(=O)NC(C)C(=O)O. The quantitative estimate of drug-likeness (QED) is 0.751. The Hall–Kier alpha value is -2.50. The van der Waals surface area contributed by atoms with Gasteiger partial charge in [-0.15, -0.1) is 0 Å². The molecule has 1 unspecified atom stereocenters. The van der Waals surface area contributed by atoms with Crippen LogP contribution in [0.4, 0.5) is 4.79 Å². The first-order chi connectivity index (χ1) is 9.04. The molecule has 0 spiro atoms. The van der Waals surface area contributed by atoms with Crippen molar-refractivity contribution in [3.8, 4) is 5.75 Å². The van der Waals surface area contributed by atoms with Crippen LogP contribution >= 0.6 is 0 Å². The molecule has 102 valence electrons. The lowest BCUT2D eigenvalue weighted by Gasteiger charge is -2.08. The van der Waals surface area contributed by atoms with Gasteiger partial charge >= 0.3 is 12.0 Å². The second-order valence-corrected chi connectivity index (χ2v) is 3.75. The fraction of sp³-hybridized carbons (Fsp3) is 0.231. The van der Waals surface area contributed by atoms with Crippen molar-refractivity contribution >= 4 is 18.1 Å². The lowest BCUT2D eigenvalue weighted by Crippen LogP contribution is -2.42. The Morgan fingerprint density at radius 3 is 2.68 bits per heavy atom. The van der Waals surface area contributed by atoms with Crippen LogP contribution in [0.25, 0.3) is 6.08 Å². The molecule has 0 aliphatic heterocycles. The Bertz CT molecular complexity index is 485. The van der Waals surface area contributed by atoms with Gasteiger partial charge in [-0.2, -0.15) is 0 Å². The summed E-state index contributed by atoms with van der Waals surface area (Å²) in [6, 6.07) is 5.78. The molecule has 6 nitrogen and oxygen atoms in total. The number of nitrogens with one attached hydrogen (secondary N) is 2. The van der Waals surface area contributed by atoms with Crippen LogP contribution in [0, 0.1) is 0 Å². The summed E-state index contributed by atoms with van der Waals surface area (Å²) in [5.74, 6) is -0.413. The van der Waals surface area contributed by atoms with E-state index in [9.17, 15) is 9.59 Å². The van der Waals surface area contributed by atoms with Crippen molar-refractivity contribution in [1.29, 1.82) is 0 Å². The van der Waals surface area contributed by atoms with Gasteiger partial charge in [-0.25, -0.2) is 4.79 Å².